The third-order valence-electron chi connectivity index (χ3n) is 4.75. The van der Waals surface area contributed by atoms with E-state index in [-0.39, 0.29) is 0 Å². The van der Waals surface area contributed by atoms with Crippen LogP contribution in [0.5, 0.6) is 0 Å². The summed E-state index contributed by atoms with van der Waals surface area (Å²) < 4.78 is 12.3. The van der Waals surface area contributed by atoms with Crippen molar-refractivity contribution in [2.45, 2.75) is 25.0 Å². The third kappa shape index (κ3) is 2.86. The Hall–Kier alpha value is -3.08. The van der Waals surface area contributed by atoms with E-state index in [1.54, 1.807) is 6.20 Å². The first-order valence-electron chi connectivity index (χ1n) is 8.56. The van der Waals surface area contributed by atoms with Gasteiger partial charge in [0.1, 0.15) is 0 Å². The quantitative estimate of drug-likeness (QED) is 0.661. The first-order chi connectivity index (χ1) is 12.6. The summed E-state index contributed by atoms with van der Waals surface area (Å²) >= 11 is 0. The summed E-state index contributed by atoms with van der Waals surface area (Å²) in [6.07, 6.45) is 2.81. The second kappa shape index (κ2) is 6.33. The Labute approximate surface area is 151 Å². The van der Waals surface area contributed by atoms with Crippen molar-refractivity contribution < 1.29 is 19.1 Å². The van der Waals surface area contributed by atoms with Crippen LogP contribution in [0.3, 0.4) is 0 Å². The van der Waals surface area contributed by atoms with E-state index >= 15 is 0 Å². The van der Waals surface area contributed by atoms with Gasteiger partial charge in [-0.1, -0.05) is 48.5 Å². The van der Waals surface area contributed by atoms with Crippen LogP contribution in [0.25, 0.3) is 10.9 Å². The number of nitrogens with zero attached hydrogens (tertiary/aromatic N) is 1. The van der Waals surface area contributed by atoms with Gasteiger partial charge in [0.15, 0.2) is 0 Å². The van der Waals surface area contributed by atoms with Crippen molar-refractivity contribution in [3.63, 3.8) is 0 Å². The van der Waals surface area contributed by atoms with Gasteiger partial charge in [-0.3, -0.25) is 0 Å². The molecule has 2 aromatic carbocycles. The highest BCUT2D eigenvalue weighted by molar-refractivity contribution is 6.05. The molecule has 1 aliphatic carbocycles. The number of para-hydroxylation sites is 1. The van der Waals surface area contributed by atoms with Crippen LogP contribution >= 0.6 is 0 Å². The molecule has 0 bridgehead atoms. The Balaban J connectivity index is 1.67. The summed E-state index contributed by atoms with van der Waals surface area (Å²) in [6, 6.07) is 17.7. The van der Waals surface area contributed by atoms with E-state index in [9.17, 15) is 9.59 Å². The van der Waals surface area contributed by atoms with Crippen LogP contribution in [0.1, 0.15) is 28.8 Å². The average molecular weight is 349 g/mol. The molecule has 0 amide bonds. The summed E-state index contributed by atoms with van der Waals surface area (Å²) in [5.41, 5.74) is 1.45. The van der Waals surface area contributed by atoms with Crippen LogP contribution < -0.4 is 0 Å². The summed E-state index contributed by atoms with van der Waals surface area (Å²) in [6.45, 7) is 0.650. The van der Waals surface area contributed by atoms with E-state index < -0.39 is 17.5 Å². The minimum atomic E-state index is -1.10. The number of aromatic nitrogens is 1. The molecule has 26 heavy (non-hydrogen) atoms. The molecule has 1 aliphatic rings. The van der Waals surface area contributed by atoms with Gasteiger partial charge in [0, 0.05) is 36.5 Å². The Morgan fingerprint density at radius 3 is 2.42 bits per heavy atom. The van der Waals surface area contributed by atoms with Crippen molar-refractivity contribution in [1.29, 1.82) is 0 Å². The topological polar surface area (TPSA) is 57.5 Å². The lowest BCUT2D eigenvalue weighted by Gasteiger charge is -2.13. The summed E-state index contributed by atoms with van der Waals surface area (Å²) in [5, 5.41) is 0.814. The van der Waals surface area contributed by atoms with Crippen molar-refractivity contribution >= 4 is 22.8 Å². The first kappa shape index (κ1) is 16.4. The molecule has 0 N–H and O–H groups in total. The number of carbonyl (C=O) groups is 2. The number of methoxy groups -OCH3 is 1. The summed E-state index contributed by atoms with van der Waals surface area (Å²) in [7, 11) is 1.31. The summed E-state index contributed by atoms with van der Waals surface area (Å²) in [5.74, 6) is -0.977. The van der Waals surface area contributed by atoms with Gasteiger partial charge in [0.25, 0.3) is 0 Å². The molecule has 0 saturated heterocycles. The van der Waals surface area contributed by atoms with Gasteiger partial charge in [-0.25, -0.2) is 9.59 Å². The molecular weight excluding hydrogens is 330 g/mol. The highest BCUT2D eigenvalue weighted by atomic mass is 16.6. The van der Waals surface area contributed by atoms with Crippen LogP contribution in [-0.4, -0.2) is 29.2 Å². The maximum atomic E-state index is 12.8. The van der Waals surface area contributed by atoms with Crippen molar-refractivity contribution in [3.8, 4) is 0 Å². The third-order valence-corrected chi connectivity index (χ3v) is 4.75. The molecule has 0 unspecified atom stereocenters. The van der Waals surface area contributed by atoms with E-state index in [1.807, 2.05) is 59.2 Å². The van der Waals surface area contributed by atoms with Gasteiger partial charge in [-0.2, -0.15) is 0 Å². The number of hydrogen-bond acceptors (Lipinski definition) is 4. The zero-order valence-corrected chi connectivity index (χ0v) is 14.5. The molecule has 1 aromatic heterocycles. The second-order valence-electron chi connectivity index (χ2n) is 6.55. The van der Waals surface area contributed by atoms with Gasteiger partial charge in [-0.05, 0) is 11.6 Å². The Kier molecular flexibility index (Phi) is 3.99. The van der Waals surface area contributed by atoms with E-state index in [4.69, 9.17) is 9.47 Å². The molecule has 5 nitrogen and oxygen atoms in total. The second-order valence-corrected chi connectivity index (χ2v) is 6.55. The van der Waals surface area contributed by atoms with Gasteiger partial charge in [0.05, 0.1) is 12.7 Å². The van der Waals surface area contributed by atoms with Gasteiger partial charge in [0.2, 0.25) is 5.60 Å². The predicted octanol–water partition coefficient (Wildman–Crippen LogP) is 3.55. The van der Waals surface area contributed by atoms with Crippen LogP contribution in [-0.2, 0) is 20.8 Å². The van der Waals surface area contributed by atoms with Crippen LogP contribution in [0.4, 0.5) is 0 Å². The van der Waals surface area contributed by atoms with Crippen LogP contribution in [0.2, 0.25) is 0 Å². The fourth-order valence-corrected chi connectivity index (χ4v) is 3.20. The van der Waals surface area contributed by atoms with E-state index in [0.29, 0.717) is 24.9 Å². The van der Waals surface area contributed by atoms with Crippen LogP contribution in [0, 0.1) is 0 Å². The Bertz CT molecular complexity index is 970. The number of benzene rings is 2. The van der Waals surface area contributed by atoms with Crippen molar-refractivity contribution in [2.24, 2.45) is 0 Å². The molecule has 5 heteroatoms. The summed E-state index contributed by atoms with van der Waals surface area (Å²) in [4.78, 5) is 24.6. The zero-order chi connectivity index (χ0) is 18.1. The smallest absolute Gasteiger partial charge is 0.350 e. The molecule has 0 atom stereocenters. The molecule has 132 valence electrons. The monoisotopic (exact) mass is 349 g/mol. The maximum absolute atomic E-state index is 12.8. The normalized spacial score (nSPS) is 14.8. The lowest BCUT2D eigenvalue weighted by molar-refractivity contribution is -0.153. The van der Waals surface area contributed by atoms with E-state index in [1.165, 1.54) is 7.11 Å². The molecule has 1 heterocycles. The van der Waals surface area contributed by atoms with Crippen LogP contribution in [0.15, 0.2) is 60.8 Å². The first-order valence-corrected chi connectivity index (χ1v) is 8.56. The number of fused-ring (bicyclic) bond motifs is 1. The molecule has 3 aromatic rings. The lowest BCUT2D eigenvalue weighted by atomic mass is 10.2. The number of ether oxygens (including phenoxy) is 2. The van der Waals surface area contributed by atoms with E-state index in [0.717, 1.165) is 16.5 Å². The number of carbonyl (C=O) groups excluding carboxylic acids is 2. The van der Waals surface area contributed by atoms with Crippen molar-refractivity contribution in [1.82, 2.24) is 4.57 Å². The SMILES string of the molecule is COC(=O)C1(OC(=O)c2cn(Cc3ccccc3)c3ccccc23)CC1. The minimum absolute atomic E-state index is 0.465. The molecule has 0 aliphatic heterocycles. The average Bonchev–Trinajstić information content (AvgIpc) is 3.37. The minimum Gasteiger partial charge on any atom is -0.466 e. The van der Waals surface area contributed by atoms with Gasteiger partial charge >= 0.3 is 11.9 Å². The van der Waals surface area contributed by atoms with Crippen molar-refractivity contribution in [3.05, 3.63) is 71.9 Å². The molecule has 0 radical (unpaired) electrons. The van der Waals surface area contributed by atoms with E-state index in [2.05, 4.69) is 0 Å². The number of hydrogen-bond donors (Lipinski definition) is 0. The molecule has 1 saturated carbocycles. The zero-order valence-electron chi connectivity index (χ0n) is 14.5. The molecule has 1 fully saturated rings. The lowest BCUT2D eigenvalue weighted by Crippen LogP contribution is -2.30. The molecule has 0 spiro atoms. The molecule has 4 rings (SSSR count). The Morgan fingerprint density at radius 1 is 1.04 bits per heavy atom. The highest BCUT2D eigenvalue weighted by Crippen LogP contribution is 2.41. The van der Waals surface area contributed by atoms with Gasteiger partial charge in [-0.15, -0.1) is 0 Å². The predicted molar refractivity (Wildman–Crippen MR) is 96.9 cm³/mol. The number of esters is 2. The fourth-order valence-electron chi connectivity index (χ4n) is 3.20. The standard InChI is InChI=1S/C21H19NO4/c1-25-20(24)21(11-12-21)26-19(23)17-14-22(13-15-7-3-2-4-8-15)18-10-6-5-9-16(17)18/h2-10,14H,11-13H2,1H3. The molecular formula is C21H19NO4. The maximum Gasteiger partial charge on any atom is 0.350 e. The highest BCUT2D eigenvalue weighted by Gasteiger charge is 2.55. The van der Waals surface area contributed by atoms with Gasteiger partial charge < -0.3 is 14.0 Å². The van der Waals surface area contributed by atoms with Crippen molar-refractivity contribution in [2.75, 3.05) is 7.11 Å². The number of rotatable bonds is 5. The largest absolute Gasteiger partial charge is 0.466 e. The Morgan fingerprint density at radius 2 is 1.73 bits per heavy atom. The fraction of sp³-hybridized carbons (Fsp3) is 0.238.